The molecule has 1 saturated heterocycles. The van der Waals surface area contributed by atoms with E-state index in [-0.39, 0.29) is 11.0 Å². The standard InChI is InChI=1S/C21H21N5O3S/c1-2-14-3-8-19(29-16-9-11-23-12-10-16)20-18(14)13-24-21(26-20)25-15-4-6-17(7-5-15)30(22,27)28/h1,3-8,13,16,23H,9-12H2,(H2,22,27,28)(H,24,25,26). The number of fused-ring (bicyclic) bond motifs is 1. The number of nitrogens with two attached hydrogens (primary N) is 1. The smallest absolute Gasteiger partial charge is 0.238 e. The number of sulfonamides is 1. The van der Waals surface area contributed by atoms with Crippen LogP contribution < -0.4 is 20.5 Å². The molecule has 154 valence electrons. The number of benzene rings is 2. The van der Waals surface area contributed by atoms with Crippen LogP contribution in [0.4, 0.5) is 11.6 Å². The SMILES string of the molecule is C#Cc1ccc(OC2CCNCC2)c2nc(Nc3ccc(S(N)(=O)=O)cc3)ncc12. The number of ether oxygens (including phenoxy) is 1. The van der Waals surface area contributed by atoms with Gasteiger partial charge in [0.25, 0.3) is 0 Å². The lowest BCUT2D eigenvalue weighted by molar-refractivity contribution is 0.164. The number of hydrogen-bond acceptors (Lipinski definition) is 7. The van der Waals surface area contributed by atoms with Crippen molar-refractivity contribution in [1.82, 2.24) is 15.3 Å². The van der Waals surface area contributed by atoms with Crippen molar-refractivity contribution in [3.8, 4) is 18.1 Å². The van der Waals surface area contributed by atoms with Crippen molar-refractivity contribution in [2.45, 2.75) is 23.8 Å². The number of rotatable bonds is 5. The molecule has 0 atom stereocenters. The number of nitrogens with zero attached hydrogens (tertiary/aromatic N) is 2. The third-order valence-corrected chi connectivity index (χ3v) is 5.82. The van der Waals surface area contributed by atoms with Crippen molar-refractivity contribution < 1.29 is 13.2 Å². The van der Waals surface area contributed by atoms with Gasteiger partial charge >= 0.3 is 0 Å². The lowest BCUT2D eigenvalue weighted by Gasteiger charge is -2.24. The predicted molar refractivity (Wildman–Crippen MR) is 115 cm³/mol. The number of terminal acetylenes is 1. The molecule has 0 saturated carbocycles. The lowest BCUT2D eigenvalue weighted by Crippen LogP contribution is -2.34. The topological polar surface area (TPSA) is 119 Å². The average Bonchev–Trinajstić information content (AvgIpc) is 2.74. The van der Waals surface area contributed by atoms with Crippen LogP contribution in [0.5, 0.6) is 5.75 Å². The van der Waals surface area contributed by atoms with E-state index < -0.39 is 10.0 Å². The van der Waals surface area contributed by atoms with Crippen LogP contribution in [0.3, 0.4) is 0 Å². The molecule has 0 radical (unpaired) electrons. The van der Waals surface area contributed by atoms with Crippen LogP contribution in [-0.2, 0) is 10.0 Å². The Balaban J connectivity index is 1.66. The van der Waals surface area contributed by atoms with Crippen LogP contribution in [-0.4, -0.2) is 37.6 Å². The summed E-state index contributed by atoms with van der Waals surface area (Å²) in [5.41, 5.74) is 1.94. The number of nitrogens with one attached hydrogen (secondary N) is 2. The maximum Gasteiger partial charge on any atom is 0.238 e. The van der Waals surface area contributed by atoms with Gasteiger partial charge in [-0.15, -0.1) is 6.42 Å². The molecule has 0 amide bonds. The Morgan fingerprint density at radius 2 is 1.90 bits per heavy atom. The molecule has 0 unspecified atom stereocenters. The summed E-state index contributed by atoms with van der Waals surface area (Å²) >= 11 is 0. The first-order valence-corrected chi connectivity index (χ1v) is 11.0. The minimum atomic E-state index is -3.75. The Kier molecular flexibility index (Phi) is 5.55. The van der Waals surface area contributed by atoms with E-state index in [9.17, 15) is 8.42 Å². The molecule has 0 aliphatic carbocycles. The maximum absolute atomic E-state index is 11.4. The summed E-state index contributed by atoms with van der Waals surface area (Å²) in [6.45, 7) is 1.84. The van der Waals surface area contributed by atoms with Crippen molar-refractivity contribution in [3.05, 3.63) is 48.2 Å². The lowest BCUT2D eigenvalue weighted by atomic mass is 10.1. The van der Waals surface area contributed by atoms with Crippen molar-refractivity contribution in [3.63, 3.8) is 0 Å². The fourth-order valence-electron chi connectivity index (χ4n) is 3.33. The first kappa shape index (κ1) is 20.1. The Morgan fingerprint density at radius 1 is 1.17 bits per heavy atom. The van der Waals surface area contributed by atoms with Gasteiger partial charge < -0.3 is 15.4 Å². The van der Waals surface area contributed by atoms with Gasteiger partial charge in [-0.1, -0.05) is 5.92 Å². The second-order valence-electron chi connectivity index (χ2n) is 6.97. The molecule has 2 aromatic carbocycles. The van der Waals surface area contributed by atoms with Gasteiger partial charge in [0, 0.05) is 22.8 Å². The number of aromatic nitrogens is 2. The summed E-state index contributed by atoms with van der Waals surface area (Å²) in [5, 5.41) is 12.3. The number of anilines is 2. The highest BCUT2D eigenvalue weighted by Gasteiger charge is 2.17. The summed E-state index contributed by atoms with van der Waals surface area (Å²) in [4.78, 5) is 8.99. The first-order chi connectivity index (χ1) is 14.4. The Bertz CT molecular complexity index is 1210. The van der Waals surface area contributed by atoms with Gasteiger partial charge in [0.2, 0.25) is 16.0 Å². The molecule has 8 nitrogen and oxygen atoms in total. The van der Waals surface area contributed by atoms with Gasteiger partial charge in [0.05, 0.1) is 4.90 Å². The van der Waals surface area contributed by atoms with Gasteiger partial charge in [-0.05, 0) is 62.3 Å². The monoisotopic (exact) mass is 423 g/mol. The molecule has 9 heteroatoms. The van der Waals surface area contributed by atoms with Gasteiger partial charge in [0.1, 0.15) is 17.4 Å². The highest BCUT2D eigenvalue weighted by atomic mass is 32.2. The molecule has 4 N–H and O–H groups in total. The van der Waals surface area contributed by atoms with E-state index >= 15 is 0 Å². The summed E-state index contributed by atoms with van der Waals surface area (Å²) in [5.74, 6) is 3.66. The van der Waals surface area contributed by atoms with Gasteiger partial charge in [-0.25, -0.2) is 23.5 Å². The molecule has 0 bridgehead atoms. The molecular formula is C21H21N5O3S. The van der Waals surface area contributed by atoms with Crippen molar-refractivity contribution in [2.24, 2.45) is 5.14 Å². The Labute approximate surface area is 174 Å². The molecule has 30 heavy (non-hydrogen) atoms. The third kappa shape index (κ3) is 4.36. The molecule has 1 fully saturated rings. The van der Waals surface area contributed by atoms with E-state index in [1.165, 1.54) is 12.1 Å². The molecule has 2 heterocycles. The molecule has 4 rings (SSSR count). The summed E-state index contributed by atoms with van der Waals surface area (Å²) in [6, 6.07) is 9.70. The van der Waals surface area contributed by atoms with E-state index in [0.717, 1.165) is 31.3 Å². The highest BCUT2D eigenvalue weighted by Crippen LogP contribution is 2.29. The number of primary sulfonamides is 1. The molecule has 3 aromatic rings. The summed E-state index contributed by atoms with van der Waals surface area (Å²) < 4.78 is 29.0. The molecule has 0 spiro atoms. The van der Waals surface area contributed by atoms with Crippen LogP contribution >= 0.6 is 0 Å². The van der Waals surface area contributed by atoms with Gasteiger partial charge in [-0.3, -0.25) is 0 Å². The quantitative estimate of drug-likeness (QED) is 0.538. The highest BCUT2D eigenvalue weighted by molar-refractivity contribution is 7.89. The van der Waals surface area contributed by atoms with E-state index in [1.807, 2.05) is 12.1 Å². The fraction of sp³-hybridized carbons (Fsp3) is 0.238. The van der Waals surface area contributed by atoms with Crippen LogP contribution in [0, 0.1) is 12.3 Å². The molecule has 1 aliphatic rings. The number of hydrogen-bond donors (Lipinski definition) is 3. The van der Waals surface area contributed by atoms with Gasteiger partial charge in [-0.2, -0.15) is 0 Å². The normalized spacial score (nSPS) is 14.9. The molecule has 1 aromatic heterocycles. The summed E-state index contributed by atoms with van der Waals surface area (Å²) in [7, 11) is -3.75. The van der Waals surface area contributed by atoms with Crippen LogP contribution in [0.2, 0.25) is 0 Å². The van der Waals surface area contributed by atoms with Crippen LogP contribution in [0.15, 0.2) is 47.5 Å². The zero-order valence-corrected chi connectivity index (χ0v) is 16.9. The minimum absolute atomic E-state index is 0.0313. The predicted octanol–water partition coefficient (Wildman–Crippen LogP) is 2.13. The summed E-state index contributed by atoms with van der Waals surface area (Å²) in [6.07, 6.45) is 9.25. The third-order valence-electron chi connectivity index (χ3n) is 4.89. The maximum atomic E-state index is 11.4. The van der Waals surface area contributed by atoms with E-state index in [1.54, 1.807) is 18.3 Å². The zero-order chi connectivity index (χ0) is 21.1. The largest absolute Gasteiger partial charge is 0.488 e. The van der Waals surface area contributed by atoms with Gasteiger partial charge in [0.15, 0.2) is 0 Å². The van der Waals surface area contributed by atoms with Crippen molar-refractivity contribution in [1.29, 1.82) is 0 Å². The first-order valence-electron chi connectivity index (χ1n) is 9.48. The van der Waals surface area contributed by atoms with Crippen LogP contribution in [0.25, 0.3) is 10.9 Å². The van der Waals surface area contributed by atoms with E-state index in [2.05, 4.69) is 26.5 Å². The van der Waals surface area contributed by atoms with Crippen molar-refractivity contribution in [2.75, 3.05) is 18.4 Å². The zero-order valence-electron chi connectivity index (χ0n) is 16.1. The molecular weight excluding hydrogens is 402 g/mol. The number of piperidine rings is 1. The van der Waals surface area contributed by atoms with Crippen molar-refractivity contribution >= 4 is 32.6 Å². The Morgan fingerprint density at radius 3 is 2.57 bits per heavy atom. The second kappa shape index (κ2) is 8.28. The average molecular weight is 423 g/mol. The minimum Gasteiger partial charge on any atom is -0.488 e. The Hall–Kier alpha value is -3.19. The molecule has 1 aliphatic heterocycles. The second-order valence-corrected chi connectivity index (χ2v) is 8.53. The van der Waals surface area contributed by atoms with E-state index in [0.29, 0.717) is 28.5 Å². The van der Waals surface area contributed by atoms with E-state index in [4.69, 9.17) is 16.3 Å². The van der Waals surface area contributed by atoms with Crippen LogP contribution in [0.1, 0.15) is 18.4 Å². The fourth-order valence-corrected chi connectivity index (χ4v) is 3.84.